The number of hydrogen-bond donors (Lipinski definition) is 1. The smallest absolute Gasteiger partial charge is 0.283 e. The van der Waals surface area contributed by atoms with E-state index in [-0.39, 0.29) is 22.9 Å². The minimum absolute atomic E-state index is 0.0242. The Hall–Kier alpha value is -3.65. The highest BCUT2D eigenvalue weighted by atomic mass is 32.2. The molecule has 0 aliphatic carbocycles. The highest BCUT2D eigenvalue weighted by molar-refractivity contribution is 8.00. The summed E-state index contributed by atoms with van der Waals surface area (Å²) in [6.45, 7) is 0.857. The number of rotatable bonds is 9. The van der Waals surface area contributed by atoms with Gasteiger partial charge in [-0.05, 0) is 23.3 Å². The Balaban J connectivity index is 1.77. The van der Waals surface area contributed by atoms with Gasteiger partial charge in [-0.1, -0.05) is 60.7 Å². The second kappa shape index (κ2) is 10.4. The number of carbonyl (C=O) groups is 2. The molecule has 0 bridgehead atoms. The van der Waals surface area contributed by atoms with Gasteiger partial charge in [0.25, 0.3) is 5.69 Å². The third-order valence-corrected chi connectivity index (χ3v) is 5.62. The van der Waals surface area contributed by atoms with E-state index in [1.807, 2.05) is 60.7 Å². The molecular formula is C23H21N3O4S. The van der Waals surface area contributed by atoms with Crippen LogP contribution in [0.3, 0.4) is 0 Å². The summed E-state index contributed by atoms with van der Waals surface area (Å²) in [5, 5.41) is 11.4. The van der Waals surface area contributed by atoms with E-state index in [0.717, 1.165) is 29.0 Å². The Morgan fingerprint density at radius 1 is 0.903 bits per heavy atom. The van der Waals surface area contributed by atoms with Crippen LogP contribution in [0.15, 0.2) is 83.8 Å². The first-order valence-electron chi connectivity index (χ1n) is 9.50. The fourth-order valence-electron chi connectivity index (χ4n) is 3.01. The first kappa shape index (κ1) is 22.0. The second-order valence-electron chi connectivity index (χ2n) is 6.81. The van der Waals surface area contributed by atoms with Crippen LogP contribution in [-0.2, 0) is 17.9 Å². The van der Waals surface area contributed by atoms with Gasteiger partial charge in [-0.3, -0.25) is 19.7 Å². The normalized spacial score (nSPS) is 10.5. The van der Waals surface area contributed by atoms with Crippen molar-refractivity contribution in [3.8, 4) is 0 Å². The Kier molecular flexibility index (Phi) is 7.40. The third-order valence-electron chi connectivity index (χ3n) is 4.58. The van der Waals surface area contributed by atoms with Gasteiger partial charge in [-0.15, -0.1) is 11.8 Å². The topological polar surface area (TPSA) is 107 Å². The summed E-state index contributed by atoms with van der Waals surface area (Å²) >= 11 is 1.07. The lowest BCUT2D eigenvalue weighted by atomic mass is 10.1. The van der Waals surface area contributed by atoms with Gasteiger partial charge in [0.15, 0.2) is 0 Å². The minimum atomic E-state index is -0.743. The summed E-state index contributed by atoms with van der Waals surface area (Å²) in [6, 6.07) is 23.3. The standard InChI is InChI=1S/C23H21N3O4S/c24-23(28)19-11-12-21(20(13-19)26(29)30)31-16-22(27)25(14-17-7-3-1-4-8-17)15-18-9-5-2-6-10-18/h1-13H,14-16H2,(H2,24,28). The zero-order chi connectivity index (χ0) is 22.2. The molecule has 0 aromatic heterocycles. The first-order chi connectivity index (χ1) is 14.9. The van der Waals surface area contributed by atoms with Crippen LogP contribution in [0.5, 0.6) is 0 Å². The van der Waals surface area contributed by atoms with E-state index < -0.39 is 10.8 Å². The molecule has 7 nitrogen and oxygen atoms in total. The van der Waals surface area contributed by atoms with Gasteiger partial charge in [0.1, 0.15) is 0 Å². The Bertz CT molecular complexity index is 1030. The highest BCUT2D eigenvalue weighted by Gasteiger charge is 2.20. The molecule has 3 aromatic carbocycles. The highest BCUT2D eigenvalue weighted by Crippen LogP contribution is 2.30. The zero-order valence-electron chi connectivity index (χ0n) is 16.6. The van der Waals surface area contributed by atoms with Gasteiger partial charge >= 0.3 is 0 Å². The number of primary amides is 1. The van der Waals surface area contributed by atoms with E-state index in [4.69, 9.17) is 5.73 Å². The summed E-state index contributed by atoms with van der Waals surface area (Å²) in [7, 11) is 0. The summed E-state index contributed by atoms with van der Waals surface area (Å²) in [6.07, 6.45) is 0. The van der Waals surface area contributed by atoms with E-state index >= 15 is 0 Å². The van der Waals surface area contributed by atoms with Crippen LogP contribution < -0.4 is 5.73 Å². The monoisotopic (exact) mass is 435 g/mol. The van der Waals surface area contributed by atoms with Crippen LogP contribution in [0.2, 0.25) is 0 Å². The molecule has 0 unspecified atom stereocenters. The number of amides is 2. The molecule has 158 valence electrons. The van der Waals surface area contributed by atoms with Gasteiger partial charge in [-0.25, -0.2) is 0 Å². The van der Waals surface area contributed by atoms with Gasteiger partial charge < -0.3 is 10.6 Å². The molecule has 0 aliphatic heterocycles. The van der Waals surface area contributed by atoms with E-state index in [0.29, 0.717) is 18.0 Å². The number of benzene rings is 3. The Morgan fingerprint density at radius 3 is 1.94 bits per heavy atom. The van der Waals surface area contributed by atoms with Crippen molar-refractivity contribution in [2.24, 2.45) is 5.73 Å². The predicted octanol–water partition coefficient (Wildman–Crippen LogP) is 4.01. The van der Waals surface area contributed by atoms with Crippen LogP contribution in [0.1, 0.15) is 21.5 Å². The van der Waals surface area contributed by atoms with Gasteiger partial charge in [-0.2, -0.15) is 0 Å². The lowest BCUT2D eigenvalue weighted by Crippen LogP contribution is -2.31. The van der Waals surface area contributed by atoms with Gasteiger partial charge in [0, 0.05) is 24.7 Å². The zero-order valence-corrected chi connectivity index (χ0v) is 17.5. The van der Waals surface area contributed by atoms with Gasteiger partial charge in [0.2, 0.25) is 11.8 Å². The maximum atomic E-state index is 13.0. The molecule has 0 spiro atoms. The van der Waals surface area contributed by atoms with Crippen molar-refractivity contribution < 1.29 is 14.5 Å². The molecule has 3 rings (SSSR count). The Morgan fingerprint density at radius 2 is 1.45 bits per heavy atom. The summed E-state index contributed by atoms with van der Waals surface area (Å²) in [5.74, 6) is -0.866. The molecule has 31 heavy (non-hydrogen) atoms. The lowest BCUT2D eigenvalue weighted by Gasteiger charge is -2.23. The molecule has 0 saturated carbocycles. The molecule has 0 saturated heterocycles. The van der Waals surface area contributed by atoms with Crippen LogP contribution in [0.4, 0.5) is 5.69 Å². The third kappa shape index (κ3) is 6.16. The number of nitro groups is 1. The molecule has 0 heterocycles. The molecule has 0 fully saturated rings. The average molecular weight is 436 g/mol. The summed E-state index contributed by atoms with van der Waals surface area (Å²) in [5.41, 5.74) is 7.01. The lowest BCUT2D eigenvalue weighted by molar-refractivity contribution is -0.387. The van der Waals surface area contributed by atoms with E-state index in [2.05, 4.69) is 0 Å². The minimum Gasteiger partial charge on any atom is -0.366 e. The van der Waals surface area contributed by atoms with Crippen molar-refractivity contribution in [3.05, 3.63) is 106 Å². The quantitative estimate of drug-likeness (QED) is 0.310. The van der Waals surface area contributed by atoms with E-state index in [1.165, 1.54) is 12.1 Å². The maximum Gasteiger partial charge on any atom is 0.283 e. The van der Waals surface area contributed by atoms with Crippen LogP contribution in [0.25, 0.3) is 0 Å². The van der Waals surface area contributed by atoms with Crippen molar-refractivity contribution in [2.45, 2.75) is 18.0 Å². The molecule has 8 heteroatoms. The molecule has 2 amide bonds. The fraction of sp³-hybridized carbons (Fsp3) is 0.130. The second-order valence-corrected chi connectivity index (χ2v) is 7.83. The molecular weight excluding hydrogens is 414 g/mol. The SMILES string of the molecule is NC(=O)c1ccc(SCC(=O)N(Cc2ccccc2)Cc2ccccc2)c([N+](=O)[O-])c1. The first-order valence-corrected chi connectivity index (χ1v) is 10.5. The number of thioether (sulfide) groups is 1. The molecule has 0 radical (unpaired) electrons. The van der Waals surface area contributed by atoms with Crippen LogP contribution >= 0.6 is 11.8 Å². The van der Waals surface area contributed by atoms with Crippen LogP contribution in [-0.4, -0.2) is 27.4 Å². The van der Waals surface area contributed by atoms with Crippen molar-refractivity contribution in [2.75, 3.05) is 5.75 Å². The van der Waals surface area contributed by atoms with Gasteiger partial charge in [0.05, 0.1) is 15.6 Å². The van der Waals surface area contributed by atoms with Crippen LogP contribution in [0, 0.1) is 10.1 Å². The number of hydrogen-bond acceptors (Lipinski definition) is 5. The number of carbonyl (C=O) groups excluding carboxylic acids is 2. The maximum absolute atomic E-state index is 13.0. The predicted molar refractivity (Wildman–Crippen MR) is 119 cm³/mol. The summed E-state index contributed by atoms with van der Waals surface area (Å²) in [4.78, 5) is 37.2. The molecule has 2 N–H and O–H groups in total. The number of nitrogens with two attached hydrogens (primary N) is 1. The van der Waals surface area contributed by atoms with E-state index in [1.54, 1.807) is 4.90 Å². The van der Waals surface area contributed by atoms with Crippen molar-refractivity contribution >= 4 is 29.3 Å². The fourth-order valence-corrected chi connectivity index (χ4v) is 3.91. The summed E-state index contributed by atoms with van der Waals surface area (Å²) < 4.78 is 0. The molecule has 0 aliphatic rings. The molecule has 0 atom stereocenters. The average Bonchev–Trinajstić information content (AvgIpc) is 2.78. The van der Waals surface area contributed by atoms with Crippen molar-refractivity contribution in [1.29, 1.82) is 0 Å². The number of nitro benzene ring substituents is 1. The van der Waals surface area contributed by atoms with Crippen molar-refractivity contribution in [1.82, 2.24) is 4.90 Å². The molecule has 3 aromatic rings. The largest absolute Gasteiger partial charge is 0.366 e. The Labute approximate surface area is 184 Å². The number of nitrogens with zero attached hydrogens (tertiary/aromatic N) is 2. The van der Waals surface area contributed by atoms with E-state index in [9.17, 15) is 19.7 Å². The van der Waals surface area contributed by atoms with Crippen molar-refractivity contribution in [3.63, 3.8) is 0 Å².